The maximum atomic E-state index is 12.2. The molecule has 2 N–H and O–H groups in total. The van der Waals surface area contributed by atoms with Gasteiger partial charge in [-0.05, 0) is 35.9 Å². The maximum Gasteiger partial charge on any atom is 0.251 e. The van der Waals surface area contributed by atoms with Gasteiger partial charge in [0.05, 0.1) is 19.5 Å². The quantitative estimate of drug-likeness (QED) is 0.723. The lowest BCUT2D eigenvalue weighted by Crippen LogP contribution is -2.28. The fourth-order valence-electron chi connectivity index (χ4n) is 2.49. The van der Waals surface area contributed by atoms with Gasteiger partial charge in [-0.3, -0.25) is 4.79 Å². The predicted molar refractivity (Wildman–Crippen MR) is 94.4 cm³/mol. The van der Waals surface area contributed by atoms with Crippen molar-refractivity contribution in [3.63, 3.8) is 0 Å². The molecular weight excluding hydrogens is 318 g/mol. The average molecular weight is 337 g/mol. The molecule has 1 unspecified atom stereocenters. The van der Waals surface area contributed by atoms with E-state index in [-0.39, 0.29) is 12.5 Å². The van der Waals surface area contributed by atoms with Gasteiger partial charge in [-0.1, -0.05) is 30.3 Å². The van der Waals surface area contributed by atoms with Crippen molar-refractivity contribution in [3.05, 3.63) is 78.1 Å². The van der Waals surface area contributed by atoms with Crippen molar-refractivity contribution >= 4 is 5.91 Å². The van der Waals surface area contributed by atoms with Crippen LogP contribution in [0, 0.1) is 0 Å². The van der Waals surface area contributed by atoms with Crippen molar-refractivity contribution in [1.82, 2.24) is 5.32 Å². The van der Waals surface area contributed by atoms with Crippen LogP contribution in [0.3, 0.4) is 0 Å². The Morgan fingerprint density at radius 3 is 2.64 bits per heavy atom. The third-order valence-corrected chi connectivity index (χ3v) is 3.89. The molecule has 128 valence electrons. The summed E-state index contributed by atoms with van der Waals surface area (Å²) in [7, 11) is 1.55. The summed E-state index contributed by atoms with van der Waals surface area (Å²) in [4.78, 5) is 12.2. The number of aliphatic hydroxyl groups is 1. The number of carbonyl (C=O) groups is 1. The molecule has 1 amide bonds. The molecule has 0 aliphatic rings. The fourth-order valence-corrected chi connectivity index (χ4v) is 2.49. The van der Waals surface area contributed by atoms with Gasteiger partial charge < -0.3 is 19.6 Å². The lowest BCUT2D eigenvalue weighted by molar-refractivity contribution is 0.0916. The third kappa shape index (κ3) is 4.08. The van der Waals surface area contributed by atoms with Crippen LogP contribution in [0.2, 0.25) is 0 Å². The number of hydrogen-bond acceptors (Lipinski definition) is 4. The SMILES string of the molecule is COc1cccc(C(=O)NCC(O)c2ccc(-c3ccco3)cc2)c1. The summed E-state index contributed by atoms with van der Waals surface area (Å²) in [6, 6.07) is 18.0. The van der Waals surface area contributed by atoms with Crippen LogP contribution in [0.1, 0.15) is 22.0 Å². The van der Waals surface area contributed by atoms with Crippen LogP contribution in [-0.2, 0) is 0 Å². The number of carbonyl (C=O) groups excluding carboxylic acids is 1. The molecule has 0 saturated carbocycles. The molecule has 1 atom stereocenters. The highest BCUT2D eigenvalue weighted by Gasteiger charge is 2.12. The van der Waals surface area contributed by atoms with E-state index >= 15 is 0 Å². The number of furan rings is 1. The Morgan fingerprint density at radius 2 is 1.96 bits per heavy atom. The first-order chi connectivity index (χ1) is 12.2. The summed E-state index contributed by atoms with van der Waals surface area (Å²) < 4.78 is 10.4. The van der Waals surface area contributed by atoms with Crippen LogP contribution in [0.15, 0.2) is 71.3 Å². The molecule has 0 saturated heterocycles. The highest BCUT2D eigenvalue weighted by Crippen LogP contribution is 2.22. The van der Waals surface area contributed by atoms with E-state index in [9.17, 15) is 9.90 Å². The Labute approximate surface area is 145 Å². The predicted octanol–water partition coefficient (Wildman–Crippen LogP) is 3.42. The van der Waals surface area contributed by atoms with Crippen LogP contribution in [0.4, 0.5) is 0 Å². The van der Waals surface area contributed by atoms with Crippen molar-refractivity contribution in [2.45, 2.75) is 6.10 Å². The smallest absolute Gasteiger partial charge is 0.251 e. The van der Waals surface area contributed by atoms with Gasteiger partial charge in [0.1, 0.15) is 11.5 Å². The number of rotatable bonds is 6. The lowest BCUT2D eigenvalue weighted by atomic mass is 10.1. The van der Waals surface area contributed by atoms with Gasteiger partial charge in [-0.2, -0.15) is 0 Å². The number of amides is 1. The number of nitrogens with one attached hydrogen (secondary N) is 1. The molecule has 0 fully saturated rings. The molecule has 1 aromatic heterocycles. The summed E-state index contributed by atoms with van der Waals surface area (Å²) in [6.45, 7) is 0.121. The first-order valence-corrected chi connectivity index (χ1v) is 7.91. The molecule has 1 heterocycles. The van der Waals surface area contributed by atoms with Gasteiger partial charge >= 0.3 is 0 Å². The van der Waals surface area contributed by atoms with Crippen LogP contribution >= 0.6 is 0 Å². The monoisotopic (exact) mass is 337 g/mol. The molecule has 0 aliphatic carbocycles. The Morgan fingerprint density at radius 1 is 1.16 bits per heavy atom. The molecule has 25 heavy (non-hydrogen) atoms. The second-order valence-electron chi connectivity index (χ2n) is 5.56. The summed E-state index contributed by atoms with van der Waals surface area (Å²) >= 11 is 0. The lowest BCUT2D eigenvalue weighted by Gasteiger charge is -2.13. The number of ether oxygens (including phenoxy) is 1. The standard InChI is InChI=1S/C20H19NO4/c1-24-17-5-2-4-16(12-17)20(23)21-13-18(22)14-7-9-15(10-8-14)19-6-3-11-25-19/h2-12,18,22H,13H2,1H3,(H,21,23). The normalized spacial score (nSPS) is 11.8. The molecule has 3 rings (SSSR count). The first-order valence-electron chi connectivity index (χ1n) is 7.91. The number of methoxy groups -OCH3 is 1. The van der Waals surface area contributed by atoms with E-state index in [4.69, 9.17) is 9.15 Å². The maximum absolute atomic E-state index is 12.2. The molecule has 0 bridgehead atoms. The van der Waals surface area contributed by atoms with E-state index in [1.54, 1.807) is 37.6 Å². The molecule has 3 aromatic rings. The Balaban J connectivity index is 1.60. The van der Waals surface area contributed by atoms with Gasteiger partial charge in [0.2, 0.25) is 0 Å². The molecule has 2 aromatic carbocycles. The van der Waals surface area contributed by atoms with Gasteiger partial charge in [-0.25, -0.2) is 0 Å². The number of benzene rings is 2. The summed E-state index contributed by atoms with van der Waals surface area (Å²) in [6.07, 6.45) is 0.826. The summed E-state index contributed by atoms with van der Waals surface area (Å²) in [5.74, 6) is 1.12. The second-order valence-corrected chi connectivity index (χ2v) is 5.56. The van der Waals surface area contributed by atoms with E-state index in [1.165, 1.54) is 0 Å². The Hall–Kier alpha value is -3.05. The van der Waals surface area contributed by atoms with Crippen LogP contribution in [0.25, 0.3) is 11.3 Å². The van der Waals surface area contributed by atoms with Crippen molar-refractivity contribution in [1.29, 1.82) is 0 Å². The molecule has 5 nitrogen and oxygen atoms in total. The minimum Gasteiger partial charge on any atom is -0.497 e. The van der Waals surface area contributed by atoms with Crippen LogP contribution in [-0.4, -0.2) is 24.7 Å². The van der Waals surface area contributed by atoms with E-state index in [1.807, 2.05) is 36.4 Å². The molecule has 0 aliphatic heterocycles. The topological polar surface area (TPSA) is 71.7 Å². The Bertz CT molecular complexity index is 825. The molecule has 0 radical (unpaired) electrons. The average Bonchev–Trinajstić information content (AvgIpc) is 3.20. The first kappa shape index (κ1) is 16.8. The highest BCUT2D eigenvalue weighted by atomic mass is 16.5. The third-order valence-electron chi connectivity index (χ3n) is 3.89. The van der Waals surface area contributed by atoms with E-state index in [0.29, 0.717) is 11.3 Å². The van der Waals surface area contributed by atoms with E-state index < -0.39 is 6.10 Å². The fraction of sp³-hybridized carbons (Fsp3) is 0.150. The zero-order chi connectivity index (χ0) is 17.6. The molecule has 5 heteroatoms. The van der Waals surface area contributed by atoms with E-state index in [0.717, 1.165) is 16.9 Å². The van der Waals surface area contributed by atoms with Crippen molar-refractivity contribution in [2.75, 3.05) is 13.7 Å². The molecule has 0 spiro atoms. The minimum atomic E-state index is -0.791. The van der Waals surface area contributed by atoms with Crippen molar-refractivity contribution in [2.24, 2.45) is 0 Å². The Kier molecular flexibility index (Phi) is 5.16. The second kappa shape index (κ2) is 7.68. The van der Waals surface area contributed by atoms with Crippen LogP contribution < -0.4 is 10.1 Å². The van der Waals surface area contributed by atoms with Gasteiger partial charge in [0.25, 0.3) is 5.91 Å². The summed E-state index contributed by atoms with van der Waals surface area (Å²) in [5, 5.41) is 13.0. The minimum absolute atomic E-state index is 0.121. The zero-order valence-corrected chi connectivity index (χ0v) is 13.8. The van der Waals surface area contributed by atoms with E-state index in [2.05, 4.69) is 5.32 Å². The zero-order valence-electron chi connectivity index (χ0n) is 13.8. The largest absolute Gasteiger partial charge is 0.497 e. The van der Waals surface area contributed by atoms with Gasteiger partial charge in [0, 0.05) is 17.7 Å². The van der Waals surface area contributed by atoms with Gasteiger partial charge in [-0.15, -0.1) is 0 Å². The van der Waals surface area contributed by atoms with Gasteiger partial charge in [0.15, 0.2) is 0 Å². The van der Waals surface area contributed by atoms with Crippen molar-refractivity contribution in [3.8, 4) is 17.1 Å². The summed E-state index contributed by atoms with van der Waals surface area (Å²) in [5.41, 5.74) is 2.14. The van der Waals surface area contributed by atoms with Crippen molar-refractivity contribution < 1.29 is 19.1 Å². The highest BCUT2D eigenvalue weighted by molar-refractivity contribution is 5.94. The number of hydrogen-bond donors (Lipinski definition) is 2. The molecular formula is C20H19NO4. The number of aliphatic hydroxyl groups excluding tert-OH is 1. The van der Waals surface area contributed by atoms with Crippen LogP contribution in [0.5, 0.6) is 5.75 Å².